The second-order valence-electron chi connectivity index (χ2n) is 4.54. The summed E-state index contributed by atoms with van der Waals surface area (Å²) in [7, 11) is 0. The maximum absolute atomic E-state index is 4.33. The van der Waals surface area contributed by atoms with Crippen LogP contribution in [0.2, 0.25) is 0 Å². The molecule has 0 saturated carbocycles. The smallest absolute Gasteiger partial charge is 0.132 e. The van der Waals surface area contributed by atoms with Crippen LogP contribution < -0.4 is 10.2 Å². The van der Waals surface area contributed by atoms with E-state index in [2.05, 4.69) is 27.1 Å². The monoisotopic (exact) mass is 204 g/mol. The van der Waals surface area contributed by atoms with Crippen LogP contribution in [0.3, 0.4) is 0 Å². The van der Waals surface area contributed by atoms with Gasteiger partial charge in [-0.25, -0.2) is 9.97 Å². The Morgan fingerprint density at radius 2 is 2.40 bits per heavy atom. The third-order valence-corrected chi connectivity index (χ3v) is 3.80. The first-order valence-corrected chi connectivity index (χ1v) is 5.59. The van der Waals surface area contributed by atoms with Crippen molar-refractivity contribution in [1.29, 1.82) is 0 Å². The molecule has 80 valence electrons. The van der Waals surface area contributed by atoms with Gasteiger partial charge in [-0.3, -0.25) is 0 Å². The van der Waals surface area contributed by atoms with Gasteiger partial charge in [-0.05, 0) is 24.8 Å². The Labute approximate surface area is 89.7 Å². The summed E-state index contributed by atoms with van der Waals surface area (Å²) < 4.78 is 0. The van der Waals surface area contributed by atoms with E-state index >= 15 is 0 Å². The zero-order chi connectivity index (χ0) is 10.3. The molecule has 0 aromatic carbocycles. The maximum Gasteiger partial charge on any atom is 0.132 e. The van der Waals surface area contributed by atoms with Crippen LogP contribution in [0.25, 0.3) is 0 Å². The van der Waals surface area contributed by atoms with Crippen LogP contribution in [-0.4, -0.2) is 35.6 Å². The summed E-state index contributed by atoms with van der Waals surface area (Å²) in [5, 5.41) is 3.47. The first kappa shape index (κ1) is 9.09. The van der Waals surface area contributed by atoms with Crippen molar-refractivity contribution in [2.75, 3.05) is 24.5 Å². The Bertz CT molecular complexity index is 340. The number of fused-ring (bicyclic) bond motifs is 1. The van der Waals surface area contributed by atoms with Gasteiger partial charge in [0.2, 0.25) is 0 Å². The highest BCUT2D eigenvalue weighted by Crippen LogP contribution is 2.34. The Morgan fingerprint density at radius 3 is 3.13 bits per heavy atom. The zero-order valence-corrected chi connectivity index (χ0v) is 8.93. The first-order valence-electron chi connectivity index (χ1n) is 5.59. The standard InChI is InChI=1S/C11H16N4/c1-8-10-5-13-4-9(10)6-15(8)11-2-3-12-7-14-11/h2-3,7-10,13H,4-6H2,1H3. The van der Waals surface area contributed by atoms with Crippen molar-refractivity contribution >= 4 is 5.82 Å². The molecule has 2 aliphatic heterocycles. The summed E-state index contributed by atoms with van der Waals surface area (Å²) in [5.41, 5.74) is 0. The molecule has 3 atom stereocenters. The molecule has 1 aromatic rings. The highest BCUT2D eigenvalue weighted by Gasteiger charge is 2.42. The molecule has 4 nitrogen and oxygen atoms in total. The largest absolute Gasteiger partial charge is 0.353 e. The van der Waals surface area contributed by atoms with Gasteiger partial charge in [-0.15, -0.1) is 0 Å². The summed E-state index contributed by atoms with van der Waals surface area (Å²) in [6.45, 7) is 5.76. The van der Waals surface area contributed by atoms with Gasteiger partial charge in [0.25, 0.3) is 0 Å². The Kier molecular flexibility index (Phi) is 2.09. The molecule has 4 heteroatoms. The van der Waals surface area contributed by atoms with Crippen LogP contribution >= 0.6 is 0 Å². The van der Waals surface area contributed by atoms with Crippen LogP contribution in [-0.2, 0) is 0 Å². The lowest BCUT2D eigenvalue weighted by Crippen LogP contribution is -2.33. The molecule has 0 spiro atoms. The van der Waals surface area contributed by atoms with Crippen molar-refractivity contribution in [2.45, 2.75) is 13.0 Å². The van der Waals surface area contributed by atoms with Gasteiger partial charge in [0.05, 0.1) is 0 Å². The zero-order valence-electron chi connectivity index (χ0n) is 8.93. The van der Waals surface area contributed by atoms with Crippen LogP contribution in [0.4, 0.5) is 5.82 Å². The summed E-state index contributed by atoms with van der Waals surface area (Å²) in [4.78, 5) is 10.7. The topological polar surface area (TPSA) is 41.0 Å². The normalized spacial score (nSPS) is 34.5. The van der Waals surface area contributed by atoms with E-state index in [0.29, 0.717) is 6.04 Å². The van der Waals surface area contributed by atoms with E-state index in [1.807, 2.05) is 12.3 Å². The highest BCUT2D eigenvalue weighted by atomic mass is 15.3. The molecule has 0 radical (unpaired) electrons. The maximum atomic E-state index is 4.33. The van der Waals surface area contributed by atoms with Gasteiger partial charge < -0.3 is 10.2 Å². The van der Waals surface area contributed by atoms with Crippen molar-refractivity contribution < 1.29 is 0 Å². The highest BCUT2D eigenvalue weighted by molar-refractivity contribution is 5.40. The molecular weight excluding hydrogens is 188 g/mol. The van der Waals surface area contributed by atoms with Gasteiger partial charge >= 0.3 is 0 Å². The van der Waals surface area contributed by atoms with E-state index < -0.39 is 0 Å². The minimum Gasteiger partial charge on any atom is -0.353 e. The quantitative estimate of drug-likeness (QED) is 0.724. The third kappa shape index (κ3) is 1.40. The summed E-state index contributed by atoms with van der Waals surface area (Å²) in [5.74, 6) is 2.67. The van der Waals surface area contributed by atoms with E-state index in [4.69, 9.17) is 0 Å². The molecule has 2 fully saturated rings. The molecular formula is C11H16N4. The second-order valence-corrected chi connectivity index (χ2v) is 4.54. The molecule has 0 aliphatic carbocycles. The number of nitrogens with zero attached hydrogens (tertiary/aromatic N) is 3. The minimum atomic E-state index is 0.597. The molecule has 1 N–H and O–H groups in total. The van der Waals surface area contributed by atoms with Gasteiger partial charge in [-0.2, -0.15) is 0 Å². The molecule has 3 rings (SSSR count). The fraction of sp³-hybridized carbons (Fsp3) is 0.636. The molecule has 1 aromatic heterocycles. The van der Waals surface area contributed by atoms with E-state index in [1.54, 1.807) is 6.33 Å². The number of hydrogen-bond acceptors (Lipinski definition) is 4. The summed E-state index contributed by atoms with van der Waals surface area (Å²) >= 11 is 0. The molecule has 2 aliphatic rings. The number of anilines is 1. The fourth-order valence-electron chi connectivity index (χ4n) is 2.92. The van der Waals surface area contributed by atoms with Gasteiger partial charge in [0, 0.05) is 31.9 Å². The third-order valence-electron chi connectivity index (χ3n) is 3.80. The van der Waals surface area contributed by atoms with Crippen LogP contribution in [0.1, 0.15) is 6.92 Å². The van der Waals surface area contributed by atoms with E-state index in [0.717, 1.165) is 37.3 Å². The lowest BCUT2D eigenvalue weighted by molar-refractivity contribution is 0.471. The molecule has 3 heterocycles. The lowest BCUT2D eigenvalue weighted by Gasteiger charge is -2.25. The molecule has 15 heavy (non-hydrogen) atoms. The first-order chi connectivity index (χ1) is 7.36. The van der Waals surface area contributed by atoms with Gasteiger partial charge in [0.15, 0.2) is 0 Å². The molecule has 3 unspecified atom stereocenters. The van der Waals surface area contributed by atoms with Crippen molar-refractivity contribution in [3.8, 4) is 0 Å². The van der Waals surface area contributed by atoms with Crippen molar-refractivity contribution in [3.63, 3.8) is 0 Å². The molecule has 0 amide bonds. The summed E-state index contributed by atoms with van der Waals surface area (Å²) in [6.07, 6.45) is 3.45. The fourth-order valence-corrected chi connectivity index (χ4v) is 2.92. The van der Waals surface area contributed by atoms with Crippen molar-refractivity contribution in [2.24, 2.45) is 11.8 Å². The van der Waals surface area contributed by atoms with Crippen molar-refractivity contribution in [3.05, 3.63) is 18.6 Å². The summed E-state index contributed by atoms with van der Waals surface area (Å²) in [6, 6.07) is 2.60. The van der Waals surface area contributed by atoms with Gasteiger partial charge in [0.1, 0.15) is 12.1 Å². The van der Waals surface area contributed by atoms with E-state index in [-0.39, 0.29) is 0 Å². The predicted molar refractivity (Wildman–Crippen MR) is 58.7 cm³/mol. The minimum absolute atomic E-state index is 0.597. The number of nitrogens with one attached hydrogen (secondary N) is 1. The molecule has 2 saturated heterocycles. The van der Waals surface area contributed by atoms with Crippen molar-refractivity contribution in [1.82, 2.24) is 15.3 Å². The molecule has 0 bridgehead atoms. The van der Waals surface area contributed by atoms with E-state index in [1.165, 1.54) is 0 Å². The Balaban J connectivity index is 1.85. The Hall–Kier alpha value is -1.16. The van der Waals surface area contributed by atoms with Gasteiger partial charge in [-0.1, -0.05) is 0 Å². The lowest BCUT2D eigenvalue weighted by atomic mass is 9.95. The van der Waals surface area contributed by atoms with Crippen LogP contribution in [0.15, 0.2) is 18.6 Å². The van der Waals surface area contributed by atoms with Crippen LogP contribution in [0, 0.1) is 11.8 Å². The van der Waals surface area contributed by atoms with Crippen LogP contribution in [0.5, 0.6) is 0 Å². The van der Waals surface area contributed by atoms with E-state index in [9.17, 15) is 0 Å². The average Bonchev–Trinajstić information content (AvgIpc) is 2.83. The number of rotatable bonds is 1. The number of hydrogen-bond donors (Lipinski definition) is 1. The average molecular weight is 204 g/mol. The Morgan fingerprint density at radius 1 is 1.47 bits per heavy atom. The predicted octanol–water partition coefficient (Wildman–Crippen LogP) is 0.521. The number of aromatic nitrogens is 2. The second kappa shape index (κ2) is 3.45. The SMILES string of the molecule is CC1C2CNCC2CN1c1ccncn1.